The fourth-order valence-corrected chi connectivity index (χ4v) is 9.59. The zero-order chi connectivity index (χ0) is 37.8. The standard InChI is InChI=1S/C46H49N5OSe/c1-26-13-18-38(47-24-26)50-36-17-14-30(44(4,5)6)22-35(36)34-16-15-32(23-37(34)50)53-33-20-29(19-31(21-33)45(7,8)9)40-41-42(27(2)25-48-40)51-43(49-41)39(28(3)52-51)46(10,11)12/h13-25H,1-12H3. The maximum atomic E-state index is 6.38. The molecule has 8 aromatic rings. The van der Waals surface area contributed by atoms with Crippen LogP contribution in [0.25, 0.3) is 55.6 Å². The molecule has 0 fully saturated rings. The molecule has 3 aromatic carbocycles. The van der Waals surface area contributed by atoms with Crippen molar-refractivity contribution in [2.75, 3.05) is 0 Å². The van der Waals surface area contributed by atoms with Crippen molar-refractivity contribution >= 4 is 62.4 Å². The summed E-state index contributed by atoms with van der Waals surface area (Å²) < 4.78 is 13.2. The van der Waals surface area contributed by atoms with E-state index in [-0.39, 0.29) is 31.2 Å². The molecule has 7 heteroatoms. The van der Waals surface area contributed by atoms with Gasteiger partial charge in [-0.1, -0.05) is 0 Å². The summed E-state index contributed by atoms with van der Waals surface area (Å²) >= 11 is 0.0187. The van der Waals surface area contributed by atoms with Gasteiger partial charge in [0.15, 0.2) is 0 Å². The van der Waals surface area contributed by atoms with Gasteiger partial charge in [0.2, 0.25) is 0 Å². The van der Waals surface area contributed by atoms with Crippen molar-refractivity contribution in [3.63, 3.8) is 0 Å². The average Bonchev–Trinajstić information content (AvgIpc) is 3.70. The Bertz CT molecular complexity index is 2720. The van der Waals surface area contributed by atoms with Gasteiger partial charge in [0, 0.05) is 0 Å². The summed E-state index contributed by atoms with van der Waals surface area (Å²) in [7, 11) is 0. The zero-order valence-corrected chi connectivity index (χ0v) is 34.8. The first-order chi connectivity index (χ1) is 24.9. The summed E-state index contributed by atoms with van der Waals surface area (Å²) in [5, 5.41) is 2.51. The van der Waals surface area contributed by atoms with Crippen molar-refractivity contribution in [3.05, 3.63) is 113 Å². The molecule has 0 aliphatic rings. The molecule has 0 bridgehead atoms. The number of aromatic nitrogens is 5. The van der Waals surface area contributed by atoms with Gasteiger partial charge in [-0.25, -0.2) is 0 Å². The van der Waals surface area contributed by atoms with E-state index in [9.17, 15) is 0 Å². The molecule has 6 nitrogen and oxygen atoms in total. The molecular formula is C46H49N5OSe. The number of hydrogen-bond acceptors (Lipinski definition) is 4. The fraction of sp³-hybridized carbons (Fsp3) is 0.326. The van der Waals surface area contributed by atoms with Gasteiger partial charge >= 0.3 is 320 Å². The van der Waals surface area contributed by atoms with Crippen molar-refractivity contribution in [1.29, 1.82) is 0 Å². The second-order valence-corrected chi connectivity index (χ2v) is 20.2. The van der Waals surface area contributed by atoms with Crippen molar-refractivity contribution in [1.82, 2.24) is 24.1 Å². The van der Waals surface area contributed by atoms with Gasteiger partial charge < -0.3 is 0 Å². The van der Waals surface area contributed by atoms with E-state index in [0.29, 0.717) is 0 Å². The molecular weight excluding hydrogens is 717 g/mol. The van der Waals surface area contributed by atoms with Crippen LogP contribution in [0.5, 0.6) is 0 Å². The average molecular weight is 767 g/mol. The zero-order valence-electron chi connectivity index (χ0n) is 33.1. The number of hydrogen-bond donors (Lipinski definition) is 0. The molecule has 0 spiro atoms. The molecule has 8 rings (SSSR count). The number of nitrogens with zero attached hydrogens (tertiary/aromatic N) is 5. The van der Waals surface area contributed by atoms with Gasteiger partial charge in [-0.2, -0.15) is 0 Å². The van der Waals surface area contributed by atoms with Crippen molar-refractivity contribution in [2.24, 2.45) is 0 Å². The summed E-state index contributed by atoms with van der Waals surface area (Å²) in [5.41, 5.74) is 12.9. The molecule has 270 valence electrons. The predicted octanol–water partition coefficient (Wildman–Crippen LogP) is 10.1. The Morgan fingerprint density at radius 1 is 0.642 bits per heavy atom. The summed E-state index contributed by atoms with van der Waals surface area (Å²) in [4.78, 5) is 15.2. The van der Waals surface area contributed by atoms with Crippen molar-refractivity contribution < 1.29 is 4.52 Å². The van der Waals surface area contributed by atoms with E-state index in [0.717, 1.165) is 56.2 Å². The molecule has 0 N–H and O–H groups in total. The number of rotatable bonds is 4. The third-order valence-corrected chi connectivity index (χ3v) is 12.4. The van der Waals surface area contributed by atoms with Gasteiger partial charge in [0.25, 0.3) is 0 Å². The van der Waals surface area contributed by atoms with Crippen LogP contribution < -0.4 is 8.92 Å². The molecule has 0 saturated carbocycles. The maximum absolute atomic E-state index is 6.38. The molecule has 5 heterocycles. The third kappa shape index (κ3) is 6.08. The van der Waals surface area contributed by atoms with E-state index >= 15 is 0 Å². The van der Waals surface area contributed by atoms with Crippen LogP contribution in [0.15, 0.2) is 83.6 Å². The predicted molar refractivity (Wildman–Crippen MR) is 222 cm³/mol. The Morgan fingerprint density at radius 3 is 2.08 bits per heavy atom. The molecule has 0 unspecified atom stereocenters. The Kier molecular flexibility index (Phi) is 8.10. The van der Waals surface area contributed by atoms with Crippen LogP contribution in [0, 0.1) is 20.8 Å². The molecule has 0 saturated heterocycles. The van der Waals surface area contributed by atoms with E-state index in [2.05, 4.69) is 147 Å². The molecule has 0 atom stereocenters. The summed E-state index contributed by atoms with van der Waals surface area (Å²) in [6.07, 6.45) is 3.92. The second kappa shape index (κ2) is 12.2. The quantitative estimate of drug-likeness (QED) is 0.167. The van der Waals surface area contributed by atoms with Crippen LogP contribution in [-0.4, -0.2) is 39.0 Å². The molecule has 0 aliphatic carbocycles. The fourth-order valence-electron chi connectivity index (χ4n) is 7.60. The summed E-state index contributed by atoms with van der Waals surface area (Å²) in [6, 6.07) is 25.3. The number of fused-ring (bicyclic) bond motifs is 6. The molecule has 0 radical (unpaired) electrons. The van der Waals surface area contributed by atoms with Crippen LogP contribution in [0.2, 0.25) is 0 Å². The van der Waals surface area contributed by atoms with Crippen molar-refractivity contribution in [2.45, 2.75) is 99.3 Å². The van der Waals surface area contributed by atoms with Crippen LogP contribution in [-0.2, 0) is 16.2 Å². The summed E-state index contributed by atoms with van der Waals surface area (Å²) in [6.45, 7) is 26.6. The number of aryl methyl sites for hydroxylation is 3. The third-order valence-electron chi connectivity index (χ3n) is 10.4. The van der Waals surface area contributed by atoms with Crippen molar-refractivity contribution in [3.8, 4) is 17.1 Å². The SMILES string of the molecule is Cc1ccc(-n2c3ccc(C(C)(C)C)cc3c3ccc([Se]c4cc(-c5ncc(C)c6c5nc5c(C(C)(C)C)c(C)on56)cc(C(C)(C)C)c4)cc32)nc1. The molecule has 53 heavy (non-hydrogen) atoms. The van der Waals surface area contributed by atoms with Gasteiger partial charge in [-0.15, -0.1) is 0 Å². The number of pyridine rings is 2. The first-order valence-electron chi connectivity index (χ1n) is 18.5. The van der Waals surface area contributed by atoms with E-state index in [1.807, 2.05) is 23.9 Å². The van der Waals surface area contributed by atoms with Crippen LogP contribution in [0.4, 0.5) is 0 Å². The Balaban J connectivity index is 1.30. The Labute approximate surface area is 318 Å². The first-order valence-corrected chi connectivity index (χ1v) is 20.2. The minimum absolute atomic E-state index is 0.0187. The Hall–Kier alpha value is -4.71. The monoisotopic (exact) mass is 767 g/mol. The number of benzene rings is 3. The van der Waals surface area contributed by atoms with Gasteiger partial charge in [-0.3, -0.25) is 0 Å². The summed E-state index contributed by atoms with van der Waals surface area (Å²) in [5.74, 6) is 1.84. The van der Waals surface area contributed by atoms with E-state index in [1.165, 1.54) is 41.9 Å². The topological polar surface area (TPSA) is 61.2 Å². The van der Waals surface area contributed by atoms with E-state index in [4.69, 9.17) is 19.5 Å². The van der Waals surface area contributed by atoms with Gasteiger partial charge in [0.05, 0.1) is 0 Å². The number of imidazole rings is 1. The molecule has 0 amide bonds. The second-order valence-electron chi connectivity index (χ2n) is 17.8. The van der Waals surface area contributed by atoms with E-state index in [1.54, 1.807) is 0 Å². The van der Waals surface area contributed by atoms with E-state index < -0.39 is 0 Å². The van der Waals surface area contributed by atoms with Crippen LogP contribution >= 0.6 is 0 Å². The normalized spacial score (nSPS) is 13.0. The Morgan fingerprint density at radius 2 is 1.40 bits per heavy atom. The molecule has 5 aromatic heterocycles. The van der Waals surface area contributed by atoms with Crippen LogP contribution in [0.1, 0.15) is 95.9 Å². The molecule has 0 aliphatic heterocycles. The van der Waals surface area contributed by atoms with Gasteiger partial charge in [0.1, 0.15) is 0 Å². The van der Waals surface area contributed by atoms with Gasteiger partial charge in [-0.05, 0) is 0 Å². The minimum atomic E-state index is -0.111. The first kappa shape index (κ1) is 35.3. The van der Waals surface area contributed by atoms with Crippen LogP contribution in [0.3, 0.4) is 0 Å².